The van der Waals surface area contributed by atoms with Crippen molar-refractivity contribution in [2.75, 3.05) is 0 Å². The lowest BCUT2D eigenvalue weighted by atomic mass is 10.1. The molecule has 0 saturated heterocycles. The van der Waals surface area contributed by atoms with E-state index in [9.17, 15) is 9.50 Å². The number of nitrogens with one attached hydrogen (secondary N) is 1. The number of benzene rings is 2. The van der Waals surface area contributed by atoms with Crippen molar-refractivity contribution in [1.29, 1.82) is 0 Å². The topological polar surface area (TPSA) is 48.9 Å². The monoisotopic (exact) mass is 254 g/mol. The number of hydrogen-bond donors (Lipinski definition) is 2. The molecule has 0 fully saturated rings. The van der Waals surface area contributed by atoms with Crippen molar-refractivity contribution in [1.82, 2.24) is 9.97 Å². The second kappa shape index (κ2) is 4.57. The Kier molecular flexibility index (Phi) is 2.76. The van der Waals surface area contributed by atoms with Crippen LogP contribution in [0.25, 0.3) is 22.5 Å². The van der Waals surface area contributed by atoms with Crippen LogP contribution in [0.4, 0.5) is 4.39 Å². The molecule has 0 spiro atoms. The highest BCUT2D eigenvalue weighted by Gasteiger charge is 2.10. The summed E-state index contributed by atoms with van der Waals surface area (Å²) in [6.45, 7) is 0. The van der Waals surface area contributed by atoms with E-state index in [0.717, 1.165) is 22.5 Å². The van der Waals surface area contributed by atoms with Gasteiger partial charge in [-0.05, 0) is 48.5 Å². The SMILES string of the molecule is Oc1ccc(-c2nc[nH]c2-c2ccc(F)cc2)cc1. The normalized spacial score (nSPS) is 10.6. The van der Waals surface area contributed by atoms with E-state index in [1.165, 1.54) is 12.1 Å². The number of H-pyrrole nitrogens is 1. The Morgan fingerprint density at radius 3 is 2.21 bits per heavy atom. The van der Waals surface area contributed by atoms with E-state index in [1.807, 2.05) is 0 Å². The summed E-state index contributed by atoms with van der Waals surface area (Å²) >= 11 is 0. The Hall–Kier alpha value is -2.62. The van der Waals surface area contributed by atoms with Gasteiger partial charge in [0, 0.05) is 11.1 Å². The Balaban J connectivity index is 2.07. The minimum Gasteiger partial charge on any atom is -0.508 e. The van der Waals surface area contributed by atoms with Crippen molar-refractivity contribution in [2.24, 2.45) is 0 Å². The van der Waals surface area contributed by atoms with Crippen LogP contribution in [0, 0.1) is 5.82 Å². The lowest BCUT2D eigenvalue weighted by Gasteiger charge is -2.03. The fraction of sp³-hybridized carbons (Fsp3) is 0. The molecule has 3 rings (SSSR count). The van der Waals surface area contributed by atoms with Gasteiger partial charge in [-0.1, -0.05) is 0 Å². The molecule has 94 valence electrons. The van der Waals surface area contributed by atoms with Gasteiger partial charge >= 0.3 is 0 Å². The van der Waals surface area contributed by atoms with E-state index < -0.39 is 0 Å². The van der Waals surface area contributed by atoms with Gasteiger partial charge in [-0.3, -0.25) is 0 Å². The van der Waals surface area contributed by atoms with Gasteiger partial charge in [-0.2, -0.15) is 0 Å². The first-order chi connectivity index (χ1) is 9.24. The molecule has 0 radical (unpaired) electrons. The summed E-state index contributed by atoms with van der Waals surface area (Å²) in [5.41, 5.74) is 3.35. The maximum atomic E-state index is 12.9. The number of aromatic amines is 1. The smallest absolute Gasteiger partial charge is 0.123 e. The van der Waals surface area contributed by atoms with Crippen LogP contribution in [-0.4, -0.2) is 15.1 Å². The number of aromatic nitrogens is 2. The number of nitrogens with zero attached hydrogens (tertiary/aromatic N) is 1. The van der Waals surface area contributed by atoms with E-state index in [2.05, 4.69) is 9.97 Å². The summed E-state index contributed by atoms with van der Waals surface area (Å²) in [6, 6.07) is 13.0. The van der Waals surface area contributed by atoms with Crippen molar-refractivity contribution in [2.45, 2.75) is 0 Å². The maximum absolute atomic E-state index is 12.9. The number of phenols is 1. The van der Waals surface area contributed by atoms with Crippen LogP contribution in [-0.2, 0) is 0 Å². The molecule has 4 heteroatoms. The molecule has 2 N–H and O–H groups in total. The molecule has 0 amide bonds. The third kappa shape index (κ3) is 2.20. The average molecular weight is 254 g/mol. The van der Waals surface area contributed by atoms with Gasteiger partial charge in [0.1, 0.15) is 11.6 Å². The zero-order valence-corrected chi connectivity index (χ0v) is 9.97. The standard InChI is InChI=1S/C15H11FN2O/c16-12-5-1-10(2-6-12)14-15(18-9-17-14)11-3-7-13(19)8-4-11/h1-9,19H,(H,17,18). The molecule has 1 aromatic heterocycles. The number of phenolic OH excluding ortho intramolecular Hbond substituents is 1. The quantitative estimate of drug-likeness (QED) is 0.734. The average Bonchev–Trinajstić information content (AvgIpc) is 2.90. The third-order valence-electron chi connectivity index (χ3n) is 2.91. The molecular weight excluding hydrogens is 243 g/mol. The fourth-order valence-corrected chi connectivity index (χ4v) is 1.97. The summed E-state index contributed by atoms with van der Waals surface area (Å²) in [5.74, 6) is -0.0583. The first-order valence-corrected chi connectivity index (χ1v) is 5.83. The van der Waals surface area contributed by atoms with Crippen LogP contribution >= 0.6 is 0 Å². The van der Waals surface area contributed by atoms with Gasteiger partial charge in [0.05, 0.1) is 17.7 Å². The second-order valence-corrected chi connectivity index (χ2v) is 4.18. The molecule has 1 heterocycles. The molecule has 0 aliphatic rings. The van der Waals surface area contributed by atoms with Crippen LogP contribution < -0.4 is 0 Å². The molecule has 0 bridgehead atoms. The molecule has 0 atom stereocenters. The number of imidazole rings is 1. The minimum atomic E-state index is -0.269. The second-order valence-electron chi connectivity index (χ2n) is 4.18. The zero-order chi connectivity index (χ0) is 13.2. The lowest BCUT2D eigenvalue weighted by Crippen LogP contribution is -1.84. The van der Waals surface area contributed by atoms with Gasteiger partial charge in [0.2, 0.25) is 0 Å². The van der Waals surface area contributed by atoms with Gasteiger partial charge in [0.15, 0.2) is 0 Å². The predicted octanol–water partition coefficient (Wildman–Crippen LogP) is 3.59. The highest BCUT2D eigenvalue weighted by Crippen LogP contribution is 2.29. The summed E-state index contributed by atoms with van der Waals surface area (Å²) in [6.07, 6.45) is 1.60. The van der Waals surface area contributed by atoms with Crippen LogP contribution in [0.1, 0.15) is 0 Å². The molecule has 0 aliphatic carbocycles. The summed E-state index contributed by atoms with van der Waals surface area (Å²) in [7, 11) is 0. The van der Waals surface area contributed by atoms with Crippen LogP contribution in [0.3, 0.4) is 0 Å². The number of hydrogen-bond acceptors (Lipinski definition) is 2. The lowest BCUT2D eigenvalue weighted by molar-refractivity contribution is 0.475. The Morgan fingerprint density at radius 2 is 1.53 bits per heavy atom. The van der Waals surface area contributed by atoms with Gasteiger partial charge in [0.25, 0.3) is 0 Å². The van der Waals surface area contributed by atoms with Crippen molar-refractivity contribution in [3.05, 3.63) is 60.7 Å². The van der Waals surface area contributed by atoms with E-state index in [1.54, 1.807) is 42.7 Å². The van der Waals surface area contributed by atoms with E-state index in [-0.39, 0.29) is 11.6 Å². The summed E-state index contributed by atoms with van der Waals surface area (Å²) in [5, 5.41) is 9.30. The van der Waals surface area contributed by atoms with Crippen molar-refractivity contribution in [3.63, 3.8) is 0 Å². The summed E-state index contributed by atoms with van der Waals surface area (Å²) in [4.78, 5) is 7.34. The Bertz CT molecular complexity index is 627. The number of halogens is 1. The molecule has 2 aromatic carbocycles. The first kappa shape index (κ1) is 11.5. The van der Waals surface area contributed by atoms with E-state index in [0.29, 0.717) is 0 Å². The predicted molar refractivity (Wildman–Crippen MR) is 71.1 cm³/mol. The van der Waals surface area contributed by atoms with Crippen molar-refractivity contribution < 1.29 is 9.50 Å². The van der Waals surface area contributed by atoms with Crippen LogP contribution in [0.2, 0.25) is 0 Å². The third-order valence-corrected chi connectivity index (χ3v) is 2.91. The molecule has 0 saturated carbocycles. The molecule has 3 nitrogen and oxygen atoms in total. The van der Waals surface area contributed by atoms with Crippen LogP contribution in [0.5, 0.6) is 5.75 Å². The summed E-state index contributed by atoms with van der Waals surface area (Å²) < 4.78 is 12.9. The molecule has 19 heavy (non-hydrogen) atoms. The molecule has 3 aromatic rings. The first-order valence-electron chi connectivity index (χ1n) is 5.83. The number of rotatable bonds is 2. The highest BCUT2D eigenvalue weighted by atomic mass is 19.1. The molecular formula is C15H11FN2O. The molecule has 0 unspecified atom stereocenters. The van der Waals surface area contributed by atoms with Gasteiger partial charge < -0.3 is 10.1 Å². The largest absolute Gasteiger partial charge is 0.508 e. The van der Waals surface area contributed by atoms with E-state index >= 15 is 0 Å². The van der Waals surface area contributed by atoms with E-state index in [4.69, 9.17) is 0 Å². The Labute approximate surface area is 109 Å². The Morgan fingerprint density at radius 1 is 0.895 bits per heavy atom. The fourth-order valence-electron chi connectivity index (χ4n) is 1.97. The maximum Gasteiger partial charge on any atom is 0.123 e. The zero-order valence-electron chi connectivity index (χ0n) is 9.97. The minimum absolute atomic E-state index is 0.211. The number of aromatic hydroxyl groups is 1. The van der Waals surface area contributed by atoms with Crippen molar-refractivity contribution in [3.8, 4) is 28.3 Å². The van der Waals surface area contributed by atoms with Crippen LogP contribution in [0.15, 0.2) is 54.9 Å². The van der Waals surface area contributed by atoms with Gasteiger partial charge in [-0.25, -0.2) is 9.37 Å². The highest BCUT2D eigenvalue weighted by molar-refractivity contribution is 5.78. The molecule has 0 aliphatic heterocycles. The van der Waals surface area contributed by atoms with Gasteiger partial charge in [-0.15, -0.1) is 0 Å². The van der Waals surface area contributed by atoms with Crippen molar-refractivity contribution >= 4 is 0 Å².